The molecule has 0 spiro atoms. The minimum atomic E-state index is -0.709. The third-order valence-electron chi connectivity index (χ3n) is 6.17. The topological polar surface area (TPSA) is 99.6 Å². The highest BCUT2D eigenvalue weighted by atomic mass is 16.2. The van der Waals surface area contributed by atoms with Crippen LogP contribution in [0.1, 0.15) is 59.3 Å². The van der Waals surface area contributed by atoms with E-state index in [0.717, 1.165) is 31.6 Å². The highest BCUT2D eigenvalue weighted by Crippen LogP contribution is 2.17. The van der Waals surface area contributed by atoms with Gasteiger partial charge in [-0.15, -0.1) is 0 Å². The van der Waals surface area contributed by atoms with E-state index < -0.39 is 11.9 Å². The molecule has 1 atom stereocenters. The molecular formula is C25H36N6O3. The lowest BCUT2D eigenvalue weighted by atomic mass is 10.1. The van der Waals surface area contributed by atoms with Crippen LogP contribution in [-0.4, -0.2) is 76.1 Å². The lowest BCUT2D eigenvalue weighted by Gasteiger charge is -2.20. The summed E-state index contributed by atoms with van der Waals surface area (Å²) in [5.74, 6) is -0.863. The van der Waals surface area contributed by atoms with E-state index >= 15 is 0 Å². The molecule has 0 bridgehead atoms. The Hall–Kier alpha value is -3.20. The number of amides is 3. The second-order valence-corrected chi connectivity index (χ2v) is 8.72. The van der Waals surface area contributed by atoms with Gasteiger partial charge in [0.25, 0.3) is 11.8 Å². The molecule has 2 aromatic rings. The highest BCUT2D eigenvalue weighted by Gasteiger charge is 2.27. The normalized spacial score (nSPS) is 14.5. The molecule has 0 saturated carbocycles. The van der Waals surface area contributed by atoms with Gasteiger partial charge in [-0.1, -0.05) is 43.7 Å². The van der Waals surface area contributed by atoms with Crippen LogP contribution in [0.2, 0.25) is 0 Å². The molecule has 1 aromatic heterocycles. The molecule has 9 heteroatoms. The van der Waals surface area contributed by atoms with Crippen molar-refractivity contribution >= 4 is 17.7 Å². The largest absolute Gasteiger partial charge is 0.353 e. The maximum atomic E-state index is 13.2. The number of benzene rings is 1. The van der Waals surface area contributed by atoms with Crippen LogP contribution < -0.4 is 10.6 Å². The van der Waals surface area contributed by atoms with E-state index in [0.29, 0.717) is 31.9 Å². The van der Waals surface area contributed by atoms with Crippen molar-refractivity contribution in [2.24, 2.45) is 0 Å². The molecule has 0 radical (unpaired) electrons. The number of carbonyl (C=O) groups is 3. The van der Waals surface area contributed by atoms with Crippen molar-refractivity contribution in [3.05, 3.63) is 52.8 Å². The van der Waals surface area contributed by atoms with E-state index in [1.807, 2.05) is 31.2 Å². The van der Waals surface area contributed by atoms with E-state index in [4.69, 9.17) is 0 Å². The van der Waals surface area contributed by atoms with Crippen LogP contribution in [0.4, 0.5) is 0 Å². The Morgan fingerprint density at radius 3 is 2.53 bits per heavy atom. The second kappa shape index (κ2) is 11.8. The van der Waals surface area contributed by atoms with Gasteiger partial charge in [-0.05, 0) is 38.9 Å². The minimum absolute atomic E-state index is 0.142. The first kappa shape index (κ1) is 25.4. The van der Waals surface area contributed by atoms with Crippen molar-refractivity contribution in [1.82, 2.24) is 30.2 Å². The molecule has 3 amide bonds. The number of carbonyl (C=O) groups excluding carboxylic acids is 3. The first-order chi connectivity index (χ1) is 16.3. The number of aryl methyl sites for hydroxylation is 2. The maximum absolute atomic E-state index is 13.2. The Morgan fingerprint density at radius 1 is 1.15 bits per heavy atom. The van der Waals surface area contributed by atoms with Crippen LogP contribution in [0.15, 0.2) is 30.3 Å². The fraction of sp³-hybridized carbons (Fsp3) is 0.520. The van der Waals surface area contributed by atoms with Gasteiger partial charge in [0.15, 0.2) is 5.69 Å². The van der Waals surface area contributed by atoms with Gasteiger partial charge in [0.2, 0.25) is 5.91 Å². The van der Waals surface area contributed by atoms with Gasteiger partial charge in [0, 0.05) is 38.8 Å². The van der Waals surface area contributed by atoms with E-state index in [9.17, 15) is 14.4 Å². The Balaban J connectivity index is 1.60. The molecule has 9 nitrogen and oxygen atoms in total. The number of rotatable bonds is 10. The predicted octanol–water partition coefficient (Wildman–Crippen LogP) is 1.81. The number of likely N-dealkylation sites (N-methyl/N-ethyl adjacent to an activating group) is 1. The summed E-state index contributed by atoms with van der Waals surface area (Å²) in [6, 6.07) is 8.93. The number of nitrogens with zero attached hydrogens (tertiary/aromatic N) is 4. The molecule has 2 N–H and O–H groups in total. The molecular weight excluding hydrogens is 432 g/mol. The Kier molecular flexibility index (Phi) is 8.81. The van der Waals surface area contributed by atoms with Gasteiger partial charge >= 0.3 is 0 Å². The summed E-state index contributed by atoms with van der Waals surface area (Å²) >= 11 is 0. The summed E-state index contributed by atoms with van der Waals surface area (Å²) in [6.45, 7) is 12.6. The summed E-state index contributed by atoms with van der Waals surface area (Å²) in [5.41, 5.74) is 2.77. The van der Waals surface area contributed by atoms with Gasteiger partial charge in [-0.2, -0.15) is 5.10 Å². The molecule has 1 aliphatic rings. The highest BCUT2D eigenvalue weighted by molar-refractivity contribution is 5.99. The van der Waals surface area contributed by atoms with Crippen molar-refractivity contribution in [3.8, 4) is 0 Å². The average Bonchev–Trinajstić information content (AvgIpc) is 3.20. The fourth-order valence-electron chi connectivity index (χ4n) is 3.98. The number of hydrogen-bond donors (Lipinski definition) is 2. The Bertz CT molecular complexity index is 997. The van der Waals surface area contributed by atoms with Crippen molar-refractivity contribution in [2.75, 3.05) is 32.7 Å². The van der Waals surface area contributed by atoms with E-state index in [1.165, 1.54) is 11.6 Å². The van der Waals surface area contributed by atoms with Crippen LogP contribution in [0, 0.1) is 6.92 Å². The lowest BCUT2D eigenvalue weighted by molar-refractivity contribution is -0.122. The van der Waals surface area contributed by atoms with Crippen molar-refractivity contribution in [2.45, 2.75) is 53.2 Å². The molecule has 3 rings (SSSR count). The molecule has 184 valence electrons. The Morgan fingerprint density at radius 2 is 1.85 bits per heavy atom. The van der Waals surface area contributed by atoms with Gasteiger partial charge in [-0.3, -0.25) is 19.1 Å². The van der Waals surface area contributed by atoms with Crippen molar-refractivity contribution in [1.29, 1.82) is 0 Å². The summed E-state index contributed by atoms with van der Waals surface area (Å²) < 4.78 is 1.60. The van der Waals surface area contributed by atoms with Crippen LogP contribution in [-0.2, 0) is 17.9 Å². The quantitative estimate of drug-likeness (QED) is 0.554. The zero-order valence-electron chi connectivity index (χ0n) is 20.6. The number of fused-ring (bicyclic) bond motifs is 1. The van der Waals surface area contributed by atoms with Crippen LogP contribution in [0.25, 0.3) is 0 Å². The summed E-state index contributed by atoms with van der Waals surface area (Å²) in [7, 11) is 0. The maximum Gasteiger partial charge on any atom is 0.272 e. The zero-order valence-corrected chi connectivity index (χ0v) is 20.6. The van der Waals surface area contributed by atoms with Gasteiger partial charge in [0.05, 0.1) is 0 Å². The third-order valence-corrected chi connectivity index (χ3v) is 6.17. The van der Waals surface area contributed by atoms with Gasteiger partial charge < -0.3 is 20.4 Å². The number of hydrogen-bond acceptors (Lipinski definition) is 5. The molecule has 34 heavy (non-hydrogen) atoms. The molecule has 1 aliphatic heterocycles. The standard InChI is InChI=1S/C25H36N6O3/c1-5-29(6-2)15-12-26-23(32)19(4)27-24(33)21-16-22-25(34)30(13-7-14-31(22)28-21)17-20-10-8-18(3)9-11-20/h8-11,16,19H,5-7,12-15,17H2,1-4H3,(H,26,32)(H,27,33). The van der Waals surface area contributed by atoms with E-state index in [1.54, 1.807) is 16.5 Å². The first-order valence-corrected chi connectivity index (χ1v) is 12.1. The summed E-state index contributed by atoms with van der Waals surface area (Å²) in [4.78, 5) is 42.3. The smallest absolute Gasteiger partial charge is 0.272 e. The molecule has 1 aromatic carbocycles. The van der Waals surface area contributed by atoms with Gasteiger partial charge in [0.1, 0.15) is 11.7 Å². The van der Waals surface area contributed by atoms with E-state index in [-0.39, 0.29) is 17.5 Å². The molecule has 0 saturated heterocycles. The predicted molar refractivity (Wildman–Crippen MR) is 130 cm³/mol. The summed E-state index contributed by atoms with van der Waals surface area (Å²) in [5, 5.41) is 9.90. The molecule has 0 aliphatic carbocycles. The average molecular weight is 469 g/mol. The molecule has 0 fully saturated rings. The van der Waals surface area contributed by atoms with Crippen LogP contribution in [0.3, 0.4) is 0 Å². The monoisotopic (exact) mass is 468 g/mol. The molecule has 2 heterocycles. The number of aromatic nitrogens is 2. The number of nitrogens with one attached hydrogen (secondary N) is 2. The third kappa shape index (κ3) is 6.44. The first-order valence-electron chi connectivity index (χ1n) is 12.1. The van der Waals surface area contributed by atoms with Crippen molar-refractivity contribution < 1.29 is 14.4 Å². The summed E-state index contributed by atoms with van der Waals surface area (Å²) in [6.07, 6.45) is 0.749. The van der Waals surface area contributed by atoms with Crippen LogP contribution in [0.5, 0.6) is 0 Å². The minimum Gasteiger partial charge on any atom is -0.353 e. The van der Waals surface area contributed by atoms with Crippen LogP contribution >= 0.6 is 0 Å². The Labute approximate surface area is 201 Å². The second-order valence-electron chi connectivity index (χ2n) is 8.72. The molecule has 1 unspecified atom stereocenters. The van der Waals surface area contributed by atoms with E-state index in [2.05, 4.69) is 34.5 Å². The zero-order chi connectivity index (χ0) is 24.7. The fourth-order valence-corrected chi connectivity index (χ4v) is 3.98. The SMILES string of the molecule is CCN(CC)CCNC(=O)C(C)NC(=O)c1cc2n(n1)CCCN(Cc1ccc(C)cc1)C2=O. The van der Waals surface area contributed by atoms with Gasteiger partial charge in [-0.25, -0.2) is 0 Å². The van der Waals surface area contributed by atoms with Crippen molar-refractivity contribution in [3.63, 3.8) is 0 Å². The lowest BCUT2D eigenvalue weighted by Crippen LogP contribution is -2.46.